The molecule has 1 rings (SSSR count). The maximum atomic E-state index is 12.1. The van der Waals surface area contributed by atoms with E-state index < -0.39 is 39.8 Å². The number of nitrogens with zero attached hydrogens (tertiary/aromatic N) is 1. The number of nitro benzene ring substituents is 1. The van der Waals surface area contributed by atoms with Gasteiger partial charge < -0.3 is 24.3 Å². The third-order valence-corrected chi connectivity index (χ3v) is 3.19. The minimum atomic E-state index is -2.48. The van der Waals surface area contributed by atoms with Crippen molar-refractivity contribution in [2.45, 2.75) is 5.72 Å². The number of carbonyl (C=O) groups is 3. The molecule has 0 atom stereocenters. The molecule has 0 heterocycles. The van der Waals surface area contributed by atoms with Gasteiger partial charge in [0, 0.05) is 13.2 Å². The molecule has 1 aromatic carbocycles. The first-order valence-corrected chi connectivity index (χ1v) is 6.64. The molecule has 0 aliphatic rings. The van der Waals surface area contributed by atoms with E-state index in [0.717, 1.165) is 34.5 Å². The smallest absolute Gasteiger partial charge is 0.371 e. The van der Waals surface area contributed by atoms with E-state index in [1.54, 1.807) is 0 Å². The highest BCUT2D eigenvalue weighted by Gasteiger charge is 2.50. The number of nitrogens with one attached hydrogen (secondary N) is 1. The van der Waals surface area contributed by atoms with Crippen LogP contribution in [0, 0.1) is 10.1 Å². The molecule has 1 aromatic rings. The van der Waals surface area contributed by atoms with Crippen molar-refractivity contribution in [3.05, 3.63) is 33.9 Å². The van der Waals surface area contributed by atoms with E-state index >= 15 is 0 Å². The lowest BCUT2D eigenvalue weighted by Gasteiger charge is -2.28. The first-order chi connectivity index (χ1) is 11.8. The maximum absolute atomic E-state index is 12.1. The number of nitro groups is 1. The zero-order valence-corrected chi connectivity index (χ0v) is 13.9. The molecule has 0 amide bonds. The summed E-state index contributed by atoms with van der Waals surface area (Å²) in [5.41, 5.74) is -3.86. The molecule has 11 nitrogen and oxygen atoms in total. The minimum absolute atomic E-state index is 0.265. The predicted molar refractivity (Wildman–Crippen MR) is 81.8 cm³/mol. The van der Waals surface area contributed by atoms with Gasteiger partial charge in [-0.15, -0.1) is 0 Å². The van der Waals surface area contributed by atoms with Crippen LogP contribution in [0.1, 0.15) is 10.4 Å². The average molecular weight is 356 g/mol. The van der Waals surface area contributed by atoms with Crippen molar-refractivity contribution in [3.8, 4) is 0 Å². The molecule has 0 radical (unpaired) electrons. The van der Waals surface area contributed by atoms with Crippen molar-refractivity contribution in [1.29, 1.82) is 0 Å². The number of benzene rings is 1. The van der Waals surface area contributed by atoms with Gasteiger partial charge in [0.05, 0.1) is 31.9 Å². The van der Waals surface area contributed by atoms with E-state index in [0.29, 0.717) is 0 Å². The maximum Gasteiger partial charge on any atom is 0.371 e. The largest absolute Gasteiger partial charge is 0.465 e. The fourth-order valence-electron chi connectivity index (χ4n) is 1.99. The second-order valence-corrected chi connectivity index (χ2v) is 4.44. The van der Waals surface area contributed by atoms with E-state index in [2.05, 4.69) is 19.5 Å². The molecule has 136 valence electrons. The molecular weight excluding hydrogens is 340 g/mol. The molecule has 0 saturated carbocycles. The number of esters is 3. The summed E-state index contributed by atoms with van der Waals surface area (Å²) < 4.78 is 18.5. The third-order valence-electron chi connectivity index (χ3n) is 3.19. The molecule has 1 N–H and O–H groups in total. The number of hydrogen-bond donors (Lipinski definition) is 1. The summed E-state index contributed by atoms with van der Waals surface area (Å²) in [4.78, 5) is 46.5. The van der Waals surface area contributed by atoms with Crippen molar-refractivity contribution in [2.24, 2.45) is 0 Å². The Kier molecular flexibility index (Phi) is 6.39. The van der Waals surface area contributed by atoms with E-state index in [4.69, 9.17) is 4.74 Å². The number of rotatable bonds is 7. The number of ether oxygens (including phenoxy) is 4. The lowest BCUT2D eigenvalue weighted by molar-refractivity contribution is -0.385. The standard InChI is InChI=1S/C14H16N2O9/c1-22-11(17)10-8(6-5-7-9(10)16(20)21)15-14(25-4,12(18)23-2)13(19)24-3/h5-7,15H,1-4H3. The van der Waals surface area contributed by atoms with Gasteiger partial charge in [0.1, 0.15) is 0 Å². The lowest BCUT2D eigenvalue weighted by atomic mass is 10.1. The fourth-order valence-corrected chi connectivity index (χ4v) is 1.99. The predicted octanol–water partition coefficient (Wildman–Crippen LogP) is 0.482. The Labute approximate surface area is 141 Å². The number of carbonyl (C=O) groups excluding carboxylic acids is 3. The summed E-state index contributed by atoms with van der Waals surface area (Å²) in [6.45, 7) is 0. The van der Waals surface area contributed by atoms with Crippen LogP contribution in [-0.2, 0) is 28.5 Å². The van der Waals surface area contributed by atoms with Crippen molar-refractivity contribution in [1.82, 2.24) is 0 Å². The van der Waals surface area contributed by atoms with Crippen LogP contribution < -0.4 is 5.32 Å². The van der Waals surface area contributed by atoms with Crippen LogP contribution >= 0.6 is 0 Å². The van der Waals surface area contributed by atoms with Crippen LogP contribution in [0.4, 0.5) is 11.4 Å². The first kappa shape index (κ1) is 19.8. The van der Waals surface area contributed by atoms with Crippen LogP contribution in [0.3, 0.4) is 0 Å². The average Bonchev–Trinajstić information content (AvgIpc) is 2.63. The molecular formula is C14H16N2O9. The fraction of sp³-hybridized carbons (Fsp3) is 0.357. The van der Waals surface area contributed by atoms with Crippen LogP contribution in [-0.4, -0.2) is 57.0 Å². The molecule has 0 spiro atoms. The highest BCUT2D eigenvalue weighted by atomic mass is 16.6. The quantitative estimate of drug-likeness (QED) is 0.183. The monoisotopic (exact) mass is 356 g/mol. The van der Waals surface area contributed by atoms with Gasteiger partial charge in [-0.05, 0) is 6.07 Å². The highest BCUT2D eigenvalue weighted by Crippen LogP contribution is 2.30. The molecule has 0 bridgehead atoms. The topological polar surface area (TPSA) is 143 Å². The van der Waals surface area contributed by atoms with Gasteiger partial charge in [-0.3, -0.25) is 10.1 Å². The molecule has 11 heteroatoms. The summed E-state index contributed by atoms with van der Waals surface area (Å²) >= 11 is 0. The number of methoxy groups -OCH3 is 4. The Balaban J connectivity index is 3.61. The number of anilines is 1. The van der Waals surface area contributed by atoms with Crippen molar-refractivity contribution in [2.75, 3.05) is 33.8 Å². The summed E-state index contributed by atoms with van der Waals surface area (Å²) in [6.07, 6.45) is 0. The van der Waals surface area contributed by atoms with Crippen LogP contribution in [0.2, 0.25) is 0 Å². The molecule has 0 fully saturated rings. The molecule has 0 saturated heterocycles. The normalized spacial score (nSPS) is 10.6. The Morgan fingerprint density at radius 3 is 2.00 bits per heavy atom. The van der Waals surface area contributed by atoms with Gasteiger partial charge in [0.25, 0.3) is 5.69 Å². The van der Waals surface area contributed by atoms with Gasteiger partial charge in [-0.1, -0.05) is 6.07 Å². The molecule has 0 aromatic heterocycles. The minimum Gasteiger partial charge on any atom is -0.465 e. The van der Waals surface area contributed by atoms with Gasteiger partial charge in [0.15, 0.2) is 5.56 Å². The van der Waals surface area contributed by atoms with Crippen LogP contribution in [0.5, 0.6) is 0 Å². The van der Waals surface area contributed by atoms with Crippen LogP contribution in [0.15, 0.2) is 18.2 Å². The zero-order valence-electron chi connectivity index (χ0n) is 13.9. The second-order valence-electron chi connectivity index (χ2n) is 4.44. The lowest BCUT2D eigenvalue weighted by Crippen LogP contribution is -2.56. The highest BCUT2D eigenvalue weighted by molar-refractivity contribution is 6.08. The van der Waals surface area contributed by atoms with Crippen LogP contribution in [0.25, 0.3) is 0 Å². The molecule has 0 aliphatic carbocycles. The summed E-state index contributed by atoms with van der Waals surface area (Å²) in [6, 6.07) is 3.52. The van der Waals surface area contributed by atoms with Gasteiger partial charge in [-0.2, -0.15) is 0 Å². The summed E-state index contributed by atoms with van der Waals surface area (Å²) in [5, 5.41) is 13.5. The van der Waals surface area contributed by atoms with E-state index in [-0.39, 0.29) is 5.69 Å². The summed E-state index contributed by atoms with van der Waals surface area (Å²) in [7, 11) is 4.02. The Bertz CT molecular complexity index is 686. The zero-order chi connectivity index (χ0) is 19.2. The van der Waals surface area contributed by atoms with Gasteiger partial charge in [0.2, 0.25) is 0 Å². The molecule has 25 heavy (non-hydrogen) atoms. The van der Waals surface area contributed by atoms with Crippen molar-refractivity contribution >= 4 is 29.3 Å². The molecule has 0 unspecified atom stereocenters. The van der Waals surface area contributed by atoms with Gasteiger partial charge >= 0.3 is 23.6 Å². The Morgan fingerprint density at radius 1 is 1.04 bits per heavy atom. The Morgan fingerprint density at radius 2 is 1.60 bits per heavy atom. The first-order valence-electron chi connectivity index (χ1n) is 6.64. The van der Waals surface area contributed by atoms with Gasteiger partial charge in [-0.25, -0.2) is 14.4 Å². The van der Waals surface area contributed by atoms with Crippen molar-refractivity contribution < 1.29 is 38.3 Å². The second kappa shape index (κ2) is 8.06. The van der Waals surface area contributed by atoms with E-state index in [1.807, 2.05) is 0 Å². The Hall–Kier alpha value is -3.21. The molecule has 0 aliphatic heterocycles. The van der Waals surface area contributed by atoms with E-state index in [9.17, 15) is 24.5 Å². The van der Waals surface area contributed by atoms with E-state index in [1.165, 1.54) is 12.1 Å². The number of hydrogen-bond acceptors (Lipinski definition) is 10. The SMILES string of the molecule is COC(=O)c1c(NC(OC)(C(=O)OC)C(=O)OC)cccc1[N+](=O)[O-]. The summed E-state index contributed by atoms with van der Waals surface area (Å²) in [5.74, 6) is -3.44. The van der Waals surface area contributed by atoms with Crippen molar-refractivity contribution in [3.63, 3.8) is 0 Å². The third kappa shape index (κ3) is 3.66.